The second-order valence-corrected chi connectivity index (χ2v) is 9.05. The van der Waals surface area contributed by atoms with Crippen molar-refractivity contribution < 1.29 is 4.79 Å². The summed E-state index contributed by atoms with van der Waals surface area (Å²) in [5.74, 6) is 0.779. The first-order valence-corrected chi connectivity index (χ1v) is 12.0. The molecule has 6 rings (SSSR count). The third-order valence-electron chi connectivity index (χ3n) is 6.64. The van der Waals surface area contributed by atoms with Gasteiger partial charge < -0.3 is 5.32 Å². The van der Waals surface area contributed by atoms with Crippen LogP contribution in [0.3, 0.4) is 0 Å². The molecule has 0 spiro atoms. The average Bonchev–Trinajstić information content (AvgIpc) is 3.64. The summed E-state index contributed by atoms with van der Waals surface area (Å²) in [6.07, 6.45) is 13.0. The fourth-order valence-electron chi connectivity index (χ4n) is 4.73. The number of aromatic nitrogens is 5. The molecule has 3 aromatic heterocycles. The van der Waals surface area contributed by atoms with Gasteiger partial charge in [0, 0.05) is 36.6 Å². The highest BCUT2D eigenvalue weighted by molar-refractivity contribution is 5.95. The molecule has 1 aromatic carbocycles. The lowest BCUT2D eigenvalue weighted by molar-refractivity contribution is 0.0952. The molecule has 0 unspecified atom stereocenters. The number of pyridine rings is 1. The minimum atomic E-state index is -0.0809. The van der Waals surface area contributed by atoms with Crippen molar-refractivity contribution in [2.24, 2.45) is 0 Å². The van der Waals surface area contributed by atoms with Gasteiger partial charge in [0.25, 0.3) is 11.9 Å². The van der Waals surface area contributed by atoms with E-state index in [1.54, 1.807) is 17.1 Å². The predicted molar refractivity (Wildman–Crippen MR) is 129 cm³/mol. The zero-order valence-electron chi connectivity index (χ0n) is 18.9. The maximum absolute atomic E-state index is 13.0. The predicted octanol–water partition coefficient (Wildman–Crippen LogP) is 4.06. The number of carbonyl (C=O) groups is 1. The van der Waals surface area contributed by atoms with E-state index in [9.17, 15) is 4.79 Å². The summed E-state index contributed by atoms with van der Waals surface area (Å²) in [4.78, 5) is 26.7. The van der Waals surface area contributed by atoms with Crippen molar-refractivity contribution in [3.63, 3.8) is 0 Å². The van der Waals surface area contributed by atoms with Crippen molar-refractivity contribution in [3.8, 4) is 17.2 Å². The number of nitrogens with zero attached hydrogens (tertiary/aromatic N) is 5. The molecule has 0 saturated heterocycles. The molecule has 4 aromatic rings. The number of nitrogens with one attached hydrogen (secondary N) is 1. The molecule has 34 heavy (non-hydrogen) atoms. The van der Waals surface area contributed by atoms with Crippen LogP contribution >= 0.6 is 0 Å². The number of amides is 1. The molecule has 0 atom stereocenters. The summed E-state index contributed by atoms with van der Waals surface area (Å²) >= 11 is 0. The molecule has 3 heterocycles. The molecule has 0 radical (unpaired) electrons. The largest absolute Gasteiger partial charge is 0.352 e. The molecule has 1 saturated carbocycles. The third kappa shape index (κ3) is 3.98. The molecule has 1 N–H and O–H groups in total. The van der Waals surface area contributed by atoms with Gasteiger partial charge in [-0.25, -0.2) is 14.6 Å². The van der Waals surface area contributed by atoms with Gasteiger partial charge in [0.05, 0.1) is 23.1 Å². The summed E-state index contributed by atoms with van der Waals surface area (Å²) in [6.45, 7) is 0.606. The van der Waals surface area contributed by atoms with Gasteiger partial charge in [-0.1, -0.05) is 30.3 Å². The van der Waals surface area contributed by atoms with Crippen molar-refractivity contribution in [1.29, 1.82) is 0 Å². The fraction of sp³-hybridized carbons (Fsp3) is 0.296. The Balaban J connectivity index is 1.23. The smallest absolute Gasteiger partial charge is 0.254 e. The van der Waals surface area contributed by atoms with Crippen molar-refractivity contribution in [2.75, 3.05) is 6.54 Å². The molecular weight excluding hydrogens is 424 g/mol. The van der Waals surface area contributed by atoms with E-state index in [-0.39, 0.29) is 5.91 Å². The molecule has 7 heteroatoms. The summed E-state index contributed by atoms with van der Waals surface area (Å²) in [5, 5.41) is 7.64. The molecule has 0 aliphatic heterocycles. The third-order valence-corrected chi connectivity index (χ3v) is 6.64. The SMILES string of the molecule is O=C(NCCCc1cccnc1)c1cnn(-c2ncc3c(n2)-c2ccccc2CC3)c1C1CC1. The minimum Gasteiger partial charge on any atom is -0.352 e. The Hall–Kier alpha value is -3.87. The summed E-state index contributed by atoms with van der Waals surface area (Å²) in [5.41, 5.74) is 7.35. The Labute approximate surface area is 198 Å². The molecule has 1 fully saturated rings. The Morgan fingerprint density at radius 2 is 1.91 bits per heavy atom. The first-order valence-electron chi connectivity index (χ1n) is 12.0. The van der Waals surface area contributed by atoms with Gasteiger partial charge in [-0.05, 0) is 61.3 Å². The van der Waals surface area contributed by atoms with Gasteiger partial charge in [-0.2, -0.15) is 5.10 Å². The summed E-state index contributed by atoms with van der Waals surface area (Å²) < 4.78 is 1.78. The van der Waals surface area contributed by atoms with E-state index in [0.29, 0.717) is 24.0 Å². The lowest BCUT2D eigenvalue weighted by atomic mass is 9.90. The van der Waals surface area contributed by atoms with Crippen LogP contribution in [0.15, 0.2) is 61.2 Å². The highest BCUT2D eigenvalue weighted by Crippen LogP contribution is 2.42. The number of hydrogen-bond acceptors (Lipinski definition) is 5. The summed E-state index contributed by atoms with van der Waals surface area (Å²) in [6, 6.07) is 12.4. The fourth-order valence-corrected chi connectivity index (χ4v) is 4.73. The minimum absolute atomic E-state index is 0.0809. The Kier molecular flexibility index (Phi) is 5.37. The molecule has 2 aliphatic carbocycles. The van der Waals surface area contributed by atoms with Crippen LogP contribution in [-0.2, 0) is 19.3 Å². The first-order chi connectivity index (χ1) is 16.8. The van der Waals surface area contributed by atoms with Crippen LogP contribution in [0.2, 0.25) is 0 Å². The highest BCUT2D eigenvalue weighted by Gasteiger charge is 2.34. The monoisotopic (exact) mass is 450 g/mol. The normalized spacial score (nSPS) is 14.4. The van der Waals surface area contributed by atoms with E-state index < -0.39 is 0 Å². The van der Waals surface area contributed by atoms with Crippen molar-refractivity contribution in [1.82, 2.24) is 30.0 Å². The number of aryl methyl sites for hydroxylation is 3. The highest BCUT2D eigenvalue weighted by atomic mass is 16.1. The zero-order valence-corrected chi connectivity index (χ0v) is 18.9. The topological polar surface area (TPSA) is 85.6 Å². The Morgan fingerprint density at radius 1 is 1.03 bits per heavy atom. The maximum Gasteiger partial charge on any atom is 0.254 e. The quantitative estimate of drug-likeness (QED) is 0.429. The van der Waals surface area contributed by atoms with Crippen LogP contribution in [0.25, 0.3) is 17.2 Å². The second-order valence-electron chi connectivity index (χ2n) is 9.05. The van der Waals surface area contributed by atoms with Gasteiger partial charge in [-0.15, -0.1) is 0 Å². The van der Waals surface area contributed by atoms with E-state index >= 15 is 0 Å². The van der Waals surface area contributed by atoms with Gasteiger partial charge in [-0.3, -0.25) is 9.78 Å². The van der Waals surface area contributed by atoms with Gasteiger partial charge >= 0.3 is 0 Å². The second kappa shape index (κ2) is 8.82. The number of carbonyl (C=O) groups excluding carboxylic acids is 1. The van der Waals surface area contributed by atoms with Crippen LogP contribution in [0.4, 0.5) is 0 Å². The first kappa shape index (κ1) is 20.7. The van der Waals surface area contributed by atoms with Crippen molar-refractivity contribution >= 4 is 5.91 Å². The number of rotatable bonds is 7. The van der Waals surface area contributed by atoms with Crippen LogP contribution in [0.5, 0.6) is 0 Å². The molecule has 7 nitrogen and oxygen atoms in total. The van der Waals surface area contributed by atoms with Crippen molar-refractivity contribution in [2.45, 2.75) is 44.4 Å². The van der Waals surface area contributed by atoms with Crippen LogP contribution in [0.1, 0.15) is 57.9 Å². The summed E-state index contributed by atoms with van der Waals surface area (Å²) in [7, 11) is 0. The van der Waals surface area contributed by atoms with Gasteiger partial charge in [0.1, 0.15) is 0 Å². The lowest BCUT2D eigenvalue weighted by Gasteiger charge is -2.19. The molecule has 0 bridgehead atoms. The van der Waals surface area contributed by atoms with Crippen molar-refractivity contribution in [3.05, 3.63) is 89.1 Å². The van der Waals surface area contributed by atoms with Crippen LogP contribution < -0.4 is 5.32 Å². The zero-order chi connectivity index (χ0) is 22.9. The van der Waals surface area contributed by atoms with E-state index in [4.69, 9.17) is 4.98 Å². The Bertz CT molecular complexity index is 1340. The molecular formula is C27H26N6O. The van der Waals surface area contributed by atoms with Gasteiger partial charge in [0.2, 0.25) is 0 Å². The average molecular weight is 451 g/mol. The number of hydrogen-bond donors (Lipinski definition) is 1. The molecule has 170 valence electrons. The van der Waals surface area contributed by atoms with Gasteiger partial charge in [0.15, 0.2) is 0 Å². The Morgan fingerprint density at radius 3 is 2.76 bits per heavy atom. The van der Waals surface area contributed by atoms with Crippen LogP contribution in [-0.4, -0.2) is 37.2 Å². The van der Waals surface area contributed by atoms with E-state index in [1.807, 2.05) is 18.5 Å². The van der Waals surface area contributed by atoms with E-state index in [0.717, 1.165) is 55.5 Å². The maximum atomic E-state index is 13.0. The lowest BCUT2D eigenvalue weighted by Crippen LogP contribution is -2.25. The number of benzene rings is 1. The molecule has 1 amide bonds. The van der Waals surface area contributed by atoms with E-state index in [2.05, 4.69) is 50.7 Å². The van der Waals surface area contributed by atoms with E-state index in [1.165, 1.54) is 16.7 Å². The standard InChI is InChI=1S/C27H26N6O/c34-26(29-14-4-6-18-5-3-13-28-15-18)23-17-31-33(25(23)20-10-11-20)27-30-16-21-12-9-19-7-1-2-8-22(19)24(21)32-27/h1-3,5,7-8,13,15-17,20H,4,6,9-12,14H2,(H,29,34). The molecule has 2 aliphatic rings. The number of fused-ring (bicyclic) bond motifs is 3. The van der Waals surface area contributed by atoms with Crippen LogP contribution in [0, 0.1) is 0 Å².